The topological polar surface area (TPSA) is 79.6 Å². The van der Waals surface area contributed by atoms with Crippen molar-refractivity contribution >= 4 is 17.5 Å². The SMILES string of the molecule is Cc1nc2cc([C@H]3CCN(C(=O)C4CC4)C3)nn2c(C)c1CCC(=O)NC1CCCC1. The lowest BCUT2D eigenvalue weighted by molar-refractivity contribution is -0.131. The van der Waals surface area contributed by atoms with E-state index in [-0.39, 0.29) is 17.7 Å². The van der Waals surface area contributed by atoms with Gasteiger partial charge in [0, 0.05) is 54.8 Å². The molecule has 1 saturated heterocycles. The summed E-state index contributed by atoms with van der Waals surface area (Å²) in [7, 11) is 0. The van der Waals surface area contributed by atoms with Crippen molar-refractivity contribution in [2.24, 2.45) is 5.92 Å². The number of amides is 2. The molecule has 2 amide bonds. The average molecular weight is 424 g/mol. The van der Waals surface area contributed by atoms with Crippen molar-refractivity contribution in [1.82, 2.24) is 24.8 Å². The van der Waals surface area contributed by atoms with Gasteiger partial charge in [0.1, 0.15) is 0 Å². The summed E-state index contributed by atoms with van der Waals surface area (Å²) in [5.74, 6) is 1.03. The number of carbonyl (C=O) groups is 2. The van der Waals surface area contributed by atoms with Crippen LogP contribution in [0.1, 0.15) is 79.9 Å². The summed E-state index contributed by atoms with van der Waals surface area (Å²) in [5.41, 5.74) is 5.03. The molecule has 3 heterocycles. The summed E-state index contributed by atoms with van der Waals surface area (Å²) < 4.78 is 1.93. The number of nitrogens with one attached hydrogen (secondary N) is 1. The summed E-state index contributed by atoms with van der Waals surface area (Å²) in [6.07, 6.45) is 8.90. The molecule has 1 aliphatic heterocycles. The predicted molar refractivity (Wildman–Crippen MR) is 118 cm³/mol. The second kappa shape index (κ2) is 8.24. The van der Waals surface area contributed by atoms with Crippen molar-refractivity contribution in [1.29, 1.82) is 0 Å². The third kappa shape index (κ3) is 4.19. The summed E-state index contributed by atoms with van der Waals surface area (Å²) in [4.78, 5) is 31.6. The van der Waals surface area contributed by atoms with E-state index in [0.717, 1.165) is 73.5 Å². The molecule has 31 heavy (non-hydrogen) atoms. The maximum Gasteiger partial charge on any atom is 0.225 e. The van der Waals surface area contributed by atoms with Gasteiger partial charge < -0.3 is 10.2 Å². The Morgan fingerprint density at radius 3 is 2.65 bits per heavy atom. The van der Waals surface area contributed by atoms with Crippen LogP contribution in [0.25, 0.3) is 5.65 Å². The first-order valence-corrected chi connectivity index (χ1v) is 11.9. The minimum Gasteiger partial charge on any atom is -0.353 e. The minimum atomic E-state index is 0.137. The number of hydrogen-bond acceptors (Lipinski definition) is 4. The third-order valence-electron chi connectivity index (χ3n) is 7.35. The number of carbonyl (C=O) groups excluding carboxylic acids is 2. The highest BCUT2D eigenvalue weighted by atomic mass is 16.2. The fraction of sp³-hybridized carbons (Fsp3) is 0.667. The van der Waals surface area contributed by atoms with Gasteiger partial charge in [0.05, 0.1) is 5.69 Å². The van der Waals surface area contributed by atoms with E-state index < -0.39 is 0 Å². The predicted octanol–water partition coefficient (Wildman–Crippen LogP) is 3.06. The first-order valence-electron chi connectivity index (χ1n) is 11.9. The van der Waals surface area contributed by atoms with Gasteiger partial charge in [0.15, 0.2) is 5.65 Å². The zero-order valence-corrected chi connectivity index (χ0v) is 18.7. The van der Waals surface area contributed by atoms with Crippen LogP contribution in [0.15, 0.2) is 6.07 Å². The molecule has 3 fully saturated rings. The molecule has 0 aromatic carbocycles. The van der Waals surface area contributed by atoms with Crippen molar-refractivity contribution < 1.29 is 9.59 Å². The van der Waals surface area contributed by atoms with Gasteiger partial charge in [-0.2, -0.15) is 5.10 Å². The Hall–Kier alpha value is -2.44. The van der Waals surface area contributed by atoms with Gasteiger partial charge in [-0.25, -0.2) is 9.50 Å². The zero-order chi connectivity index (χ0) is 21.5. The van der Waals surface area contributed by atoms with E-state index in [1.807, 2.05) is 16.3 Å². The van der Waals surface area contributed by atoms with Crippen LogP contribution in [0.3, 0.4) is 0 Å². The summed E-state index contributed by atoms with van der Waals surface area (Å²) in [6.45, 7) is 5.70. The van der Waals surface area contributed by atoms with Crippen LogP contribution in [-0.4, -0.2) is 50.4 Å². The number of aromatic nitrogens is 3. The lowest BCUT2D eigenvalue weighted by Crippen LogP contribution is -2.32. The molecule has 1 atom stereocenters. The Balaban J connectivity index is 1.28. The van der Waals surface area contributed by atoms with Gasteiger partial charge in [-0.15, -0.1) is 0 Å². The maximum absolute atomic E-state index is 12.4. The van der Waals surface area contributed by atoms with Crippen LogP contribution in [0.2, 0.25) is 0 Å². The monoisotopic (exact) mass is 423 g/mol. The molecule has 1 N–H and O–H groups in total. The van der Waals surface area contributed by atoms with Crippen LogP contribution in [-0.2, 0) is 16.0 Å². The molecule has 2 aliphatic carbocycles. The largest absolute Gasteiger partial charge is 0.353 e. The second-order valence-electron chi connectivity index (χ2n) is 9.69. The van der Waals surface area contributed by atoms with E-state index in [9.17, 15) is 9.59 Å². The van der Waals surface area contributed by atoms with Gasteiger partial charge in [-0.1, -0.05) is 12.8 Å². The smallest absolute Gasteiger partial charge is 0.225 e. The normalized spacial score (nSPS) is 21.9. The lowest BCUT2D eigenvalue weighted by Gasteiger charge is -2.15. The van der Waals surface area contributed by atoms with Crippen LogP contribution in [0.4, 0.5) is 0 Å². The molecule has 2 saturated carbocycles. The van der Waals surface area contributed by atoms with Crippen molar-refractivity contribution in [3.05, 3.63) is 28.7 Å². The van der Waals surface area contributed by atoms with Crippen LogP contribution >= 0.6 is 0 Å². The number of rotatable bonds is 6. The third-order valence-corrected chi connectivity index (χ3v) is 7.35. The molecular formula is C24H33N5O2. The van der Waals surface area contributed by atoms with E-state index >= 15 is 0 Å². The average Bonchev–Trinajstić information content (AvgIpc) is 3.12. The molecule has 5 rings (SSSR count). The van der Waals surface area contributed by atoms with Crippen molar-refractivity contribution in [3.63, 3.8) is 0 Å². The molecule has 0 bridgehead atoms. The minimum absolute atomic E-state index is 0.137. The van der Waals surface area contributed by atoms with E-state index in [4.69, 9.17) is 10.1 Å². The Kier molecular flexibility index (Phi) is 5.44. The van der Waals surface area contributed by atoms with Crippen molar-refractivity contribution in [3.8, 4) is 0 Å². The van der Waals surface area contributed by atoms with Gasteiger partial charge in [0.25, 0.3) is 0 Å². The number of likely N-dealkylation sites (tertiary alicyclic amines) is 1. The highest BCUT2D eigenvalue weighted by Crippen LogP contribution is 2.35. The van der Waals surface area contributed by atoms with E-state index in [1.54, 1.807) is 0 Å². The summed E-state index contributed by atoms with van der Waals surface area (Å²) >= 11 is 0. The van der Waals surface area contributed by atoms with Gasteiger partial charge in [-0.05, 0) is 57.9 Å². The standard InChI is InChI=1S/C24H33N5O2/c1-15-20(9-10-23(30)26-19-5-3-4-6-19)16(2)29-22(25-15)13-21(27-29)18-11-12-28(14-18)24(31)17-7-8-17/h13,17-19H,3-12,14H2,1-2H3,(H,26,30)/t18-/m0/s1. The second-order valence-corrected chi connectivity index (χ2v) is 9.69. The summed E-state index contributed by atoms with van der Waals surface area (Å²) in [5, 5.41) is 8.05. The van der Waals surface area contributed by atoms with E-state index in [0.29, 0.717) is 24.8 Å². The molecule has 7 heteroatoms. The molecule has 7 nitrogen and oxygen atoms in total. The molecule has 0 unspecified atom stereocenters. The Labute approximate surface area is 183 Å². The summed E-state index contributed by atoms with van der Waals surface area (Å²) in [6, 6.07) is 2.44. The number of fused-ring (bicyclic) bond motifs is 1. The van der Waals surface area contributed by atoms with Crippen molar-refractivity contribution in [2.75, 3.05) is 13.1 Å². The molecule has 0 radical (unpaired) electrons. The Bertz CT molecular complexity index is 1000. The highest BCUT2D eigenvalue weighted by molar-refractivity contribution is 5.81. The highest BCUT2D eigenvalue weighted by Gasteiger charge is 2.37. The van der Waals surface area contributed by atoms with E-state index in [1.165, 1.54) is 12.8 Å². The number of hydrogen-bond donors (Lipinski definition) is 1. The zero-order valence-electron chi connectivity index (χ0n) is 18.7. The molecule has 3 aliphatic rings. The van der Waals surface area contributed by atoms with Gasteiger partial charge >= 0.3 is 0 Å². The molecule has 166 valence electrons. The fourth-order valence-electron chi connectivity index (χ4n) is 5.30. The molecule has 0 spiro atoms. The molecule has 2 aromatic rings. The van der Waals surface area contributed by atoms with Gasteiger partial charge in [-0.3, -0.25) is 9.59 Å². The Morgan fingerprint density at radius 2 is 1.90 bits per heavy atom. The van der Waals surface area contributed by atoms with Crippen LogP contribution < -0.4 is 5.32 Å². The maximum atomic E-state index is 12.4. The number of nitrogens with zero attached hydrogens (tertiary/aromatic N) is 4. The van der Waals surface area contributed by atoms with Gasteiger partial charge in [0.2, 0.25) is 11.8 Å². The molecule has 2 aromatic heterocycles. The van der Waals surface area contributed by atoms with Crippen LogP contribution in [0, 0.1) is 19.8 Å². The van der Waals surface area contributed by atoms with Crippen molar-refractivity contribution in [2.45, 2.75) is 83.6 Å². The van der Waals surface area contributed by atoms with Crippen LogP contribution in [0.5, 0.6) is 0 Å². The van der Waals surface area contributed by atoms with E-state index in [2.05, 4.69) is 18.3 Å². The number of aryl methyl sites for hydroxylation is 2. The Morgan fingerprint density at radius 1 is 1.13 bits per heavy atom. The fourth-order valence-corrected chi connectivity index (χ4v) is 5.30. The quantitative estimate of drug-likeness (QED) is 0.774. The first kappa shape index (κ1) is 20.5. The first-order chi connectivity index (χ1) is 15.0. The molecular weight excluding hydrogens is 390 g/mol. The lowest BCUT2D eigenvalue weighted by atomic mass is 10.1.